The van der Waals surface area contributed by atoms with E-state index in [9.17, 15) is 18.8 Å². The summed E-state index contributed by atoms with van der Waals surface area (Å²) in [6, 6.07) is 19.9. The molecule has 226 valence electrons. The molecule has 1 unspecified atom stereocenters. The van der Waals surface area contributed by atoms with E-state index >= 15 is 0 Å². The van der Waals surface area contributed by atoms with E-state index in [1.807, 2.05) is 36.4 Å². The molecule has 4 N–H and O–H groups in total. The van der Waals surface area contributed by atoms with Crippen molar-refractivity contribution in [2.24, 2.45) is 0 Å². The van der Waals surface area contributed by atoms with Gasteiger partial charge in [-0.3, -0.25) is 14.9 Å². The average Bonchev–Trinajstić information content (AvgIpc) is 3.39. The SMILES string of the molecule is CC(C)(C)OC(=O)Nc1ccc(SCC(=O)NCCCCC(NC(=O)c2ccc(F)cc2)c2nc3ccccc3[nH]2)cc1. The van der Waals surface area contributed by atoms with Crippen LogP contribution in [0.4, 0.5) is 14.9 Å². The lowest BCUT2D eigenvalue weighted by Crippen LogP contribution is -2.30. The van der Waals surface area contributed by atoms with Crippen molar-refractivity contribution in [3.8, 4) is 0 Å². The van der Waals surface area contributed by atoms with Crippen molar-refractivity contribution in [1.29, 1.82) is 0 Å². The molecule has 0 fully saturated rings. The summed E-state index contributed by atoms with van der Waals surface area (Å²) >= 11 is 1.40. The quantitative estimate of drug-likeness (QED) is 0.107. The fourth-order valence-corrected chi connectivity index (χ4v) is 4.94. The highest BCUT2D eigenvalue weighted by molar-refractivity contribution is 8.00. The molecule has 3 amide bonds. The number of nitrogens with zero attached hydrogens (tertiary/aromatic N) is 1. The molecule has 4 aromatic rings. The first-order valence-electron chi connectivity index (χ1n) is 14.1. The minimum Gasteiger partial charge on any atom is -0.444 e. The number of nitrogens with one attached hydrogen (secondary N) is 4. The van der Waals surface area contributed by atoms with Crippen molar-refractivity contribution in [3.63, 3.8) is 0 Å². The first-order chi connectivity index (χ1) is 20.6. The highest BCUT2D eigenvalue weighted by atomic mass is 32.2. The van der Waals surface area contributed by atoms with E-state index in [-0.39, 0.29) is 23.6 Å². The number of rotatable bonds is 12. The monoisotopic (exact) mass is 605 g/mol. The molecule has 0 saturated heterocycles. The molecule has 0 radical (unpaired) electrons. The second-order valence-corrected chi connectivity index (χ2v) is 12.0. The van der Waals surface area contributed by atoms with E-state index in [1.54, 1.807) is 32.9 Å². The molecule has 0 bridgehead atoms. The van der Waals surface area contributed by atoms with Gasteiger partial charge in [-0.05, 0) is 101 Å². The predicted molar refractivity (Wildman–Crippen MR) is 167 cm³/mol. The molecule has 0 aliphatic rings. The Morgan fingerprint density at radius 3 is 2.40 bits per heavy atom. The van der Waals surface area contributed by atoms with Gasteiger partial charge < -0.3 is 20.4 Å². The van der Waals surface area contributed by atoms with E-state index < -0.39 is 17.5 Å². The molecule has 3 aromatic carbocycles. The number of amides is 3. The van der Waals surface area contributed by atoms with E-state index in [4.69, 9.17) is 4.74 Å². The van der Waals surface area contributed by atoms with Gasteiger partial charge in [0.1, 0.15) is 17.2 Å². The number of hydrogen-bond acceptors (Lipinski definition) is 6. The van der Waals surface area contributed by atoms with Crippen molar-refractivity contribution < 1.29 is 23.5 Å². The molecule has 1 atom stereocenters. The summed E-state index contributed by atoms with van der Waals surface area (Å²) < 4.78 is 18.6. The Bertz CT molecular complexity index is 1500. The first-order valence-corrected chi connectivity index (χ1v) is 15.0. The van der Waals surface area contributed by atoms with Gasteiger partial charge in [0.25, 0.3) is 5.91 Å². The van der Waals surface area contributed by atoms with Crippen LogP contribution in [0.25, 0.3) is 11.0 Å². The number of hydrogen-bond donors (Lipinski definition) is 4. The Morgan fingerprint density at radius 1 is 0.977 bits per heavy atom. The fourth-order valence-electron chi connectivity index (χ4n) is 4.21. The number of benzene rings is 3. The standard InChI is InChI=1S/C32H36FN5O4S/c1-32(2,3)42-31(41)35-23-15-17-24(18-16-23)43-20-28(39)34-19-7-6-10-27(29-36-25-8-4-5-9-26(25)37-29)38-30(40)21-11-13-22(33)14-12-21/h4-5,8-9,11-18,27H,6-7,10,19-20H2,1-3H3,(H,34,39)(H,35,41)(H,36,37)(H,38,40). The van der Waals surface area contributed by atoms with Crippen LogP contribution in [0, 0.1) is 5.82 Å². The van der Waals surface area contributed by atoms with Crippen LogP contribution in [-0.4, -0.2) is 45.8 Å². The summed E-state index contributed by atoms with van der Waals surface area (Å²) in [4.78, 5) is 46.0. The normalized spacial score (nSPS) is 12.0. The summed E-state index contributed by atoms with van der Waals surface area (Å²) in [7, 11) is 0. The Balaban J connectivity index is 1.22. The largest absolute Gasteiger partial charge is 0.444 e. The van der Waals surface area contributed by atoms with Crippen molar-refractivity contribution in [2.45, 2.75) is 56.6 Å². The average molecular weight is 606 g/mol. The van der Waals surface area contributed by atoms with Crippen LogP contribution in [0.2, 0.25) is 0 Å². The third-order valence-electron chi connectivity index (χ3n) is 6.26. The zero-order valence-corrected chi connectivity index (χ0v) is 25.2. The highest BCUT2D eigenvalue weighted by Crippen LogP contribution is 2.22. The molecule has 9 nitrogen and oxygen atoms in total. The van der Waals surface area contributed by atoms with Crippen molar-refractivity contribution in [3.05, 3.63) is 90.0 Å². The van der Waals surface area contributed by atoms with Crippen LogP contribution < -0.4 is 16.0 Å². The van der Waals surface area contributed by atoms with E-state index in [1.165, 1.54) is 36.0 Å². The first kappa shape index (κ1) is 31.6. The number of aromatic amines is 1. The van der Waals surface area contributed by atoms with Gasteiger partial charge in [-0.15, -0.1) is 11.8 Å². The summed E-state index contributed by atoms with van der Waals surface area (Å²) in [5.41, 5.74) is 2.07. The van der Waals surface area contributed by atoms with Gasteiger partial charge >= 0.3 is 6.09 Å². The number of fused-ring (bicyclic) bond motifs is 1. The topological polar surface area (TPSA) is 125 Å². The molecular formula is C32H36FN5O4S. The van der Waals surface area contributed by atoms with Crippen LogP contribution in [-0.2, 0) is 9.53 Å². The molecule has 0 aliphatic heterocycles. The molecule has 0 aliphatic carbocycles. The van der Waals surface area contributed by atoms with E-state index in [0.717, 1.165) is 22.3 Å². The zero-order chi connectivity index (χ0) is 30.8. The molecular weight excluding hydrogens is 569 g/mol. The molecule has 11 heteroatoms. The van der Waals surface area contributed by atoms with Crippen molar-refractivity contribution in [2.75, 3.05) is 17.6 Å². The summed E-state index contributed by atoms with van der Waals surface area (Å²) in [6.07, 6.45) is 1.52. The van der Waals surface area contributed by atoms with Crippen LogP contribution in [0.5, 0.6) is 0 Å². The fraction of sp³-hybridized carbons (Fsp3) is 0.312. The van der Waals surface area contributed by atoms with E-state index in [2.05, 4.69) is 25.9 Å². The zero-order valence-electron chi connectivity index (χ0n) is 24.4. The van der Waals surface area contributed by atoms with Gasteiger partial charge in [0.15, 0.2) is 0 Å². The number of imidazole rings is 1. The van der Waals surface area contributed by atoms with Crippen LogP contribution >= 0.6 is 11.8 Å². The van der Waals surface area contributed by atoms with Crippen molar-refractivity contribution in [1.82, 2.24) is 20.6 Å². The molecule has 43 heavy (non-hydrogen) atoms. The molecule has 0 spiro atoms. The van der Waals surface area contributed by atoms with Gasteiger partial charge in [-0.2, -0.15) is 0 Å². The molecule has 4 rings (SSSR count). The number of carbonyl (C=O) groups excluding carboxylic acids is 3. The molecule has 0 saturated carbocycles. The Morgan fingerprint density at radius 2 is 1.70 bits per heavy atom. The molecule has 1 aromatic heterocycles. The second-order valence-electron chi connectivity index (χ2n) is 11.0. The maximum Gasteiger partial charge on any atom is 0.412 e. The third-order valence-corrected chi connectivity index (χ3v) is 7.27. The number of anilines is 1. The summed E-state index contributed by atoms with van der Waals surface area (Å²) in [6.45, 7) is 5.90. The Kier molecular flexibility index (Phi) is 10.8. The van der Waals surface area contributed by atoms with Crippen LogP contribution in [0.3, 0.4) is 0 Å². The number of halogens is 1. The van der Waals surface area contributed by atoms with Gasteiger partial charge in [0, 0.05) is 22.7 Å². The summed E-state index contributed by atoms with van der Waals surface area (Å²) in [5, 5.41) is 8.64. The highest BCUT2D eigenvalue weighted by Gasteiger charge is 2.20. The number of H-pyrrole nitrogens is 1. The number of carbonyl (C=O) groups is 3. The van der Waals surface area contributed by atoms with Gasteiger partial charge in [0.05, 0.1) is 22.8 Å². The maximum atomic E-state index is 13.3. The minimum atomic E-state index is -0.579. The number of ether oxygens (including phenoxy) is 1. The predicted octanol–water partition coefficient (Wildman–Crippen LogP) is 6.60. The summed E-state index contributed by atoms with van der Waals surface area (Å²) in [5.74, 6) is 0.0957. The van der Waals surface area contributed by atoms with Crippen LogP contribution in [0.15, 0.2) is 77.7 Å². The number of unbranched alkanes of at least 4 members (excludes halogenated alkanes) is 1. The van der Waals surface area contributed by atoms with Gasteiger partial charge in [-0.1, -0.05) is 12.1 Å². The number of aromatic nitrogens is 2. The van der Waals surface area contributed by atoms with Crippen molar-refractivity contribution >= 4 is 46.4 Å². The maximum absolute atomic E-state index is 13.3. The van der Waals surface area contributed by atoms with Gasteiger partial charge in [-0.25, -0.2) is 14.2 Å². The smallest absolute Gasteiger partial charge is 0.412 e. The number of para-hydroxylation sites is 2. The van der Waals surface area contributed by atoms with Crippen LogP contribution in [0.1, 0.15) is 62.3 Å². The van der Waals surface area contributed by atoms with E-state index in [0.29, 0.717) is 36.5 Å². The lowest BCUT2D eigenvalue weighted by Gasteiger charge is -2.19. The Hall–Kier alpha value is -4.38. The molecule has 1 heterocycles. The lowest BCUT2D eigenvalue weighted by molar-refractivity contribution is -0.118. The second kappa shape index (κ2) is 14.7. The third kappa shape index (κ3) is 10.1. The lowest BCUT2D eigenvalue weighted by atomic mass is 10.1. The number of thioether (sulfide) groups is 1. The van der Waals surface area contributed by atoms with Gasteiger partial charge in [0.2, 0.25) is 5.91 Å². The minimum absolute atomic E-state index is 0.0839. The Labute approximate surface area is 254 Å².